The smallest absolute Gasteiger partial charge is 0.325 e. The van der Waals surface area contributed by atoms with Crippen LogP contribution in [0.4, 0.5) is 24.5 Å². The molecule has 2 aromatic carbocycles. The van der Waals surface area contributed by atoms with Crippen molar-refractivity contribution in [3.8, 4) is 0 Å². The predicted octanol–water partition coefficient (Wildman–Crippen LogP) is 5.73. The molecule has 7 nitrogen and oxygen atoms in total. The van der Waals surface area contributed by atoms with Crippen LogP contribution in [-0.4, -0.2) is 27.5 Å². The van der Waals surface area contributed by atoms with Crippen LogP contribution in [0.25, 0.3) is 0 Å². The number of anilines is 2. The predicted molar refractivity (Wildman–Crippen MR) is 152 cm³/mol. The number of thiazole rings is 1. The van der Waals surface area contributed by atoms with Gasteiger partial charge in [0.15, 0.2) is 0 Å². The van der Waals surface area contributed by atoms with Crippen LogP contribution in [0.5, 0.6) is 0 Å². The van der Waals surface area contributed by atoms with Gasteiger partial charge < -0.3 is 5.32 Å². The van der Waals surface area contributed by atoms with E-state index < -0.39 is 57.1 Å². The summed E-state index contributed by atoms with van der Waals surface area (Å²) in [5.41, 5.74) is -0.105. The van der Waals surface area contributed by atoms with E-state index in [2.05, 4.69) is 5.32 Å². The normalized spacial score (nSPS) is 20.2. The summed E-state index contributed by atoms with van der Waals surface area (Å²) >= 11 is 3.16. The third-order valence-electron chi connectivity index (χ3n) is 6.95. The average Bonchev–Trinajstić information content (AvgIpc) is 3.61. The summed E-state index contributed by atoms with van der Waals surface area (Å²) in [6.07, 6.45) is -4.78. The first kappa shape index (κ1) is 27.5. The van der Waals surface area contributed by atoms with Crippen molar-refractivity contribution in [1.29, 1.82) is 0 Å². The molecule has 3 atom stereocenters. The molecule has 2 aliphatic rings. The number of aromatic nitrogens is 1. The van der Waals surface area contributed by atoms with Gasteiger partial charge >= 0.3 is 11.0 Å². The summed E-state index contributed by atoms with van der Waals surface area (Å²) in [7, 11) is 0. The molecule has 41 heavy (non-hydrogen) atoms. The third kappa shape index (κ3) is 4.81. The minimum absolute atomic E-state index is 0.330. The number of carbonyl (C=O) groups is 3. The second-order valence-electron chi connectivity index (χ2n) is 9.63. The third-order valence-corrected chi connectivity index (χ3v) is 10.5. The summed E-state index contributed by atoms with van der Waals surface area (Å²) < 4.78 is 42.9. The van der Waals surface area contributed by atoms with Crippen molar-refractivity contribution in [3.05, 3.63) is 96.6 Å². The van der Waals surface area contributed by atoms with E-state index in [0.717, 1.165) is 40.8 Å². The number of hydrogen-bond donors (Lipinski definition) is 1. The van der Waals surface area contributed by atoms with Gasteiger partial charge in [0.1, 0.15) is 11.8 Å². The van der Waals surface area contributed by atoms with Gasteiger partial charge in [-0.15, -0.1) is 11.3 Å². The molecule has 3 amide bonds. The minimum atomic E-state index is -4.78. The fourth-order valence-electron chi connectivity index (χ4n) is 5.24. The minimum Gasteiger partial charge on any atom is -0.325 e. The van der Waals surface area contributed by atoms with E-state index in [4.69, 9.17) is 0 Å². The number of nitrogens with zero attached hydrogens (tertiary/aromatic N) is 2. The van der Waals surface area contributed by atoms with E-state index in [0.29, 0.717) is 25.4 Å². The van der Waals surface area contributed by atoms with Crippen LogP contribution in [0.1, 0.15) is 26.8 Å². The molecular weight excluding hydrogens is 596 g/mol. The Kier molecular flexibility index (Phi) is 6.91. The van der Waals surface area contributed by atoms with E-state index in [1.165, 1.54) is 28.0 Å². The van der Waals surface area contributed by atoms with Gasteiger partial charge in [-0.25, -0.2) is 4.90 Å². The Labute approximate surface area is 243 Å². The van der Waals surface area contributed by atoms with Gasteiger partial charge in [0.2, 0.25) is 17.7 Å². The number of rotatable bonds is 5. The molecule has 1 fully saturated rings. The fraction of sp³-hybridized carbons (Fsp3) is 0.214. The van der Waals surface area contributed by atoms with Gasteiger partial charge in [-0.3, -0.25) is 23.7 Å². The zero-order chi connectivity index (χ0) is 29.1. The molecule has 13 heteroatoms. The van der Waals surface area contributed by atoms with Crippen LogP contribution in [0.2, 0.25) is 0 Å². The van der Waals surface area contributed by atoms with Gasteiger partial charge in [0.25, 0.3) is 0 Å². The number of para-hydroxylation sites is 1. The average molecular weight is 616 g/mol. The fourth-order valence-corrected chi connectivity index (χ4v) is 8.96. The van der Waals surface area contributed by atoms with Crippen LogP contribution in [0.15, 0.2) is 75.9 Å². The van der Waals surface area contributed by atoms with Gasteiger partial charge in [0, 0.05) is 21.4 Å². The first-order valence-corrected chi connectivity index (χ1v) is 15.0. The number of aryl methyl sites for hydroxylation is 1. The zero-order valence-corrected chi connectivity index (χ0v) is 23.6. The SMILES string of the molecule is Cc1cccc(NC(=O)Cn2c3c(sc2=O)[C@H](c2cccs2)C2C(=O)N(c4ccccc4C(F)(F)F)C(=O)C2S3)c1. The van der Waals surface area contributed by atoms with Crippen LogP contribution >= 0.6 is 34.4 Å². The summed E-state index contributed by atoms with van der Waals surface area (Å²) in [5, 5.41) is 3.84. The summed E-state index contributed by atoms with van der Waals surface area (Å²) in [6, 6.07) is 15.2. The van der Waals surface area contributed by atoms with Crippen molar-refractivity contribution in [3.63, 3.8) is 0 Å². The summed E-state index contributed by atoms with van der Waals surface area (Å²) in [5.74, 6) is -3.74. The summed E-state index contributed by atoms with van der Waals surface area (Å²) in [4.78, 5) is 55.1. The molecule has 2 aliphatic heterocycles. The van der Waals surface area contributed by atoms with Gasteiger partial charge in [-0.05, 0) is 48.2 Å². The molecule has 0 aliphatic carbocycles. The highest BCUT2D eigenvalue weighted by atomic mass is 32.2. The Morgan fingerprint density at radius 3 is 2.49 bits per heavy atom. The van der Waals surface area contributed by atoms with Crippen molar-refractivity contribution in [2.75, 3.05) is 10.2 Å². The number of halogens is 3. The second-order valence-corrected chi connectivity index (χ2v) is 12.7. The number of nitrogens with one attached hydrogen (secondary N) is 1. The van der Waals surface area contributed by atoms with Crippen molar-refractivity contribution in [1.82, 2.24) is 4.57 Å². The molecule has 4 heterocycles. The zero-order valence-electron chi connectivity index (χ0n) is 21.2. The van der Waals surface area contributed by atoms with Gasteiger partial charge in [-0.1, -0.05) is 53.4 Å². The van der Waals surface area contributed by atoms with Crippen molar-refractivity contribution in [2.24, 2.45) is 5.92 Å². The molecule has 1 saturated heterocycles. The number of thiophene rings is 1. The first-order valence-electron chi connectivity index (χ1n) is 12.4. The number of amides is 3. The van der Waals surface area contributed by atoms with Gasteiger partial charge in [-0.2, -0.15) is 13.2 Å². The molecule has 210 valence electrons. The molecule has 0 radical (unpaired) electrons. The van der Waals surface area contributed by atoms with Crippen LogP contribution < -0.4 is 15.1 Å². The van der Waals surface area contributed by atoms with Gasteiger partial charge in [0.05, 0.1) is 22.2 Å². The lowest BCUT2D eigenvalue weighted by Gasteiger charge is -2.29. The molecule has 0 bridgehead atoms. The molecule has 0 saturated carbocycles. The Morgan fingerprint density at radius 2 is 1.78 bits per heavy atom. The molecule has 2 aromatic heterocycles. The molecule has 4 aromatic rings. The van der Waals surface area contributed by atoms with E-state index in [1.54, 1.807) is 35.7 Å². The Bertz CT molecular complexity index is 1750. The monoisotopic (exact) mass is 615 g/mol. The molecule has 2 unspecified atom stereocenters. The second kappa shape index (κ2) is 10.3. The standard InChI is InChI=1S/C28H20F3N3O4S3/c1-14-6-4-7-15(12-14)32-19(35)13-33-26-23(41-27(33)38)20(18-10-5-11-39-18)21-22(40-26)25(37)34(24(21)36)17-9-3-2-8-16(17)28(29,30)31/h2-12,20-22H,13H2,1H3,(H,32,35)/t20-,21?,22?/m1/s1. The number of fused-ring (bicyclic) bond motifs is 2. The maximum Gasteiger partial charge on any atom is 0.418 e. The number of imide groups is 1. The maximum atomic E-state index is 13.9. The van der Waals surface area contributed by atoms with Crippen molar-refractivity contribution in [2.45, 2.75) is 35.8 Å². The van der Waals surface area contributed by atoms with Crippen molar-refractivity contribution >= 4 is 63.5 Å². The highest BCUT2D eigenvalue weighted by molar-refractivity contribution is 8.00. The summed E-state index contributed by atoms with van der Waals surface area (Å²) in [6.45, 7) is 1.55. The van der Waals surface area contributed by atoms with Crippen molar-refractivity contribution < 1.29 is 27.6 Å². The number of thioether (sulfide) groups is 1. The lowest BCUT2D eigenvalue weighted by molar-refractivity contribution is -0.137. The Hall–Kier alpha value is -3.68. The first-order chi connectivity index (χ1) is 19.5. The van der Waals surface area contributed by atoms with Crippen LogP contribution in [0.3, 0.4) is 0 Å². The quantitative estimate of drug-likeness (QED) is 0.290. The number of carbonyl (C=O) groups excluding carboxylic acids is 3. The number of benzene rings is 2. The Balaban J connectivity index is 1.40. The highest BCUT2D eigenvalue weighted by Gasteiger charge is 2.58. The largest absolute Gasteiger partial charge is 0.418 e. The molecule has 0 spiro atoms. The van der Waals surface area contributed by atoms with Crippen LogP contribution in [0, 0.1) is 12.8 Å². The van der Waals surface area contributed by atoms with Crippen LogP contribution in [-0.2, 0) is 27.1 Å². The van der Waals surface area contributed by atoms with E-state index in [-0.39, 0.29) is 6.54 Å². The number of hydrogen-bond acceptors (Lipinski definition) is 7. The van der Waals surface area contributed by atoms with E-state index in [9.17, 15) is 32.3 Å². The maximum absolute atomic E-state index is 13.9. The lowest BCUT2D eigenvalue weighted by Crippen LogP contribution is -2.33. The molecule has 1 N–H and O–H groups in total. The Morgan fingerprint density at radius 1 is 1.00 bits per heavy atom. The molecule has 6 rings (SSSR count). The molecular formula is C28H20F3N3O4S3. The number of alkyl halides is 3. The topological polar surface area (TPSA) is 88.5 Å². The lowest BCUT2D eigenvalue weighted by atomic mass is 9.87. The van der Waals surface area contributed by atoms with E-state index >= 15 is 0 Å². The van der Waals surface area contributed by atoms with E-state index in [1.807, 2.05) is 13.0 Å². The highest BCUT2D eigenvalue weighted by Crippen LogP contribution is 2.55.